The summed E-state index contributed by atoms with van der Waals surface area (Å²) in [5.41, 5.74) is 7.14. The number of aromatic nitrogens is 3. The van der Waals surface area contributed by atoms with Crippen LogP contribution in [0.4, 0.5) is 0 Å². The van der Waals surface area contributed by atoms with E-state index >= 15 is 0 Å². The summed E-state index contributed by atoms with van der Waals surface area (Å²) >= 11 is 6.59. The molecule has 0 amide bonds. The summed E-state index contributed by atoms with van der Waals surface area (Å²) in [6.45, 7) is 0.476. The smallest absolute Gasteiger partial charge is 0.181 e. The zero-order chi connectivity index (χ0) is 20.1. The first-order valence-corrected chi connectivity index (χ1v) is 10.6. The van der Waals surface area contributed by atoms with E-state index in [4.69, 9.17) is 21.0 Å². The highest BCUT2D eigenvalue weighted by molar-refractivity contribution is 6.35. The normalized spacial score (nSPS) is 15.7. The molecule has 1 aliphatic carbocycles. The van der Waals surface area contributed by atoms with Crippen LogP contribution in [0.15, 0.2) is 70.8 Å². The third-order valence-electron chi connectivity index (χ3n) is 6.16. The molecule has 4 aromatic rings. The largest absolute Gasteiger partial charge is 0.442 e. The van der Waals surface area contributed by atoms with E-state index in [-0.39, 0.29) is 0 Å². The van der Waals surface area contributed by atoms with Crippen molar-refractivity contribution in [3.05, 3.63) is 88.8 Å². The minimum Gasteiger partial charge on any atom is -0.442 e. The van der Waals surface area contributed by atoms with Gasteiger partial charge in [-0.1, -0.05) is 42.3 Å². The van der Waals surface area contributed by atoms with Gasteiger partial charge >= 0.3 is 0 Å². The maximum Gasteiger partial charge on any atom is 0.181 e. The number of hydrogen-bond acceptors (Lipinski definition) is 4. The molecule has 0 radical (unpaired) electrons. The zero-order valence-corrected chi connectivity index (χ0v) is 17.0. The molecule has 0 unspecified atom stereocenters. The third kappa shape index (κ3) is 2.73. The minimum absolute atomic E-state index is 0.476. The molecule has 5 nitrogen and oxygen atoms in total. The van der Waals surface area contributed by atoms with E-state index in [1.54, 1.807) is 6.20 Å². The summed E-state index contributed by atoms with van der Waals surface area (Å²) in [6.07, 6.45) is 8.77. The van der Waals surface area contributed by atoms with Gasteiger partial charge in [0.25, 0.3) is 0 Å². The number of oxazole rings is 1. The molecule has 0 bridgehead atoms. The third-order valence-corrected chi connectivity index (χ3v) is 6.49. The second-order valence-corrected chi connectivity index (χ2v) is 8.23. The predicted molar refractivity (Wildman–Crippen MR) is 116 cm³/mol. The van der Waals surface area contributed by atoms with Gasteiger partial charge in [0.15, 0.2) is 12.2 Å². The second kappa shape index (κ2) is 6.96. The van der Waals surface area contributed by atoms with E-state index in [1.807, 2.05) is 30.6 Å². The number of nitrogens with zero attached hydrogens (tertiary/aromatic N) is 4. The monoisotopic (exact) mass is 414 g/mol. The summed E-state index contributed by atoms with van der Waals surface area (Å²) in [4.78, 5) is 13.7. The van der Waals surface area contributed by atoms with Crippen LogP contribution >= 0.6 is 11.6 Å². The van der Waals surface area contributed by atoms with Crippen molar-refractivity contribution < 1.29 is 4.42 Å². The molecule has 1 fully saturated rings. The van der Waals surface area contributed by atoms with Crippen LogP contribution < -0.4 is 0 Å². The molecule has 0 N–H and O–H groups in total. The fourth-order valence-corrected chi connectivity index (χ4v) is 4.57. The van der Waals surface area contributed by atoms with Crippen molar-refractivity contribution in [2.24, 2.45) is 4.99 Å². The van der Waals surface area contributed by atoms with Crippen molar-refractivity contribution in [2.45, 2.75) is 31.7 Å². The second-order valence-electron chi connectivity index (χ2n) is 7.82. The van der Waals surface area contributed by atoms with Crippen LogP contribution in [-0.2, 0) is 6.54 Å². The molecule has 3 heterocycles. The molecule has 2 aromatic carbocycles. The van der Waals surface area contributed by atoms with E-state index in [1.165, 1.54) is 31.2 Å². The Kier molecular flexibility index (Phi) is 4.09. The van der Waals surface area contributed by atoms with E-state index < -0.39 is 0 Å². The van der Waals surface area contributed by atoms with Crippen molar-refractivity contribution in [3.63, 3.8) is 0 Å². The van der Waals surface area contributed by atoms with Crippen molar-refractivity contribution in [3.8, 4) is 17.1 Å². The van der Waals surface area contributed by atoms with Crippen LogP contribution in [0.1, 0.15) is 47.6 Å². The molecule has 30 heavy (non-hydrogen) atoms. The molecular weight excluding hydrogens is 396 g/mol. The van der Waals surface area contributed by atoms with Gasteiger partial charge < -0.3 is 4.42 Å². The summed E-state index contributed by atoms with van der Waals surface area (Å²) in [5.74, 6) is 1.28. The highest BCUT2D eigenvalue weighted by atomic mass is 35.5. The van der Waals surface area contributed by atoms with Gasteiger partial charge in [-0.3, -0.25) is 9.56 Å². The molecule has 0 atom stereocenters. The molecule has 6 heteroatoms. The number of hydrogen-bond donors (Lipinski definition) is 0. The van der Waals surface area contributed by atoms with E-state index in [0.29, 0.717) is 23.2 Å². The number of benzene rings is 2. The van der Waals surface area contributed by atoms with E-state index in [0.717, 1.165) is 33.9 Å². The molecule has 0 saturated heterocycles. The Morgan fingerprint density at radius 2 is 1.97 bits per heavy atom. The van der Waals surface area contributed by atoms with E-state index in [9.17, 15) is 0 Å². The SMILES string of the molecule is Clc1ccccc1C1=NCc2c(-c3cnco3)ncn2-c2ccc(C3CCC3)cc21. The lowest BCUT2D eigenvalue weighted by Gasteiger charge is -2.27. The van der Waals surface area contributed by atoms with Gasteiger partial charge in [0.05, 0.1) is 29.8 Å². The Bertz CT molecular complexity index is 1270. The van der Waals surface area contributed by atoms with Gasteiger partial charge in [0.1, 0.15) is 12.0 Å². The lowest BCUT2D eigenvalue weighted by molar-refractivity contribution is 0.419. The first kappa shape index (κ1) is 17.7. The van der Waals surface area contributed by atoms with Crippen LogP contribution in [0.2, 0.25) is 5.02 Å². The van der Waals surface area contributed by atoms with Crippen molar-refractivity contribution in [2.75, 3.05) is 0 Å². The Balaban J connectivity index is 1.58. The Morgan fingerprint density at radius 1 is 1.07 bits per heavy atom. The zero-order valence-electron chi connectivity index (χ0n) is 16.3. The van der Waals surface area contributed by atoms with Gasteiger partial charge in [-0.2, -0.15) is 0 Å². The number of imidazole rings is 1. The number of fused-ring (bicyclic) bond motifs is 3. The van der Waals surface area contributed by atoms with Crippen molar-refractivity contribution >= 4 is 17.3 Å². The fraction of sp³-hybridized carbons (Fsp3) is 0.208. The maximum atomic E-state index is 6.59. The molecule has 1 saturated carbocycles. The first-order valence-electron chi connectivity index (χ1n) is 10.2. The molecule has 1 aliphatic heterocycles. The quantitative estimate of drug-likeness (QED) is 0.425. The molecule has 2 aliphatic rings. The molecule has 0 spiro atoms. The Morgan fingerprint density at radius 3 is 2.73 bits per heavy atom. The summed E-state index contributed by atoms with van der Waals surface area (Å²) in [5, 5.41) is 0.705. The average molecular weight is 415 g/mol. The van der Waals surface area contributed by atoms with Crippen LogP contribution in [0, 0.1) is 0 Å². The van der Waals surface area contributed by atoms with Crippen LogP contribution in [-0.4, -0.2) is 20.2 Å². The number of halogens is 1. The van der Waals surface area contributed by atoms with Gasteiger partial charge in [-0.05, 0) is 42.5 Å². The number of aliphatic imine (C=N–C) groups is 1. The van der Waals surface area contributed by atoms with Crippen molar-refractivity contribution in [1.29, 1.82) is 0 Å². The molecule has 148 valence electrons. The van der Waals surface area contributed by atoms with Gasteiger partial charge in [-0.15, -0.1) is 0 Å². The fourth-order valence-electron chi connectivity index (χ4n) is 4.34. The van der Waals surface area contributed by atoms with Crippen LogP contribution in [0.5, 0.6) is 0 Å². The predicted octanol–water partition coefficient (Wildman–Crippen LogP) is 5.80. The highest BCUT2D eigenvalue weighted by Gasteiger charge is 2.26. The average Bonchev–Trinajstić information content (AvgIpc) is 3.35. The van der Waals surface area contributed by atoms with Gasteiger partial charge in [0.2, 0.25) is 0 Å². The number of rotatable bonds is 3. The summed E-state index contributed by atoms with van der Waals surface area (Å²) in [6, 6.07) is 14.6. The lowest BCUT2D eigenvalue weighted by atomic mass is 9.79. The van der Waals surface area contributed by atoms with Crippen molar-refractivity contribution in [1.82, 2.24) is 14.5 Å². The summed E-state index contributed by atoms with van der Waals surface area (Å²) in [7, 11) is 0. The minimum atomic E-state index is 0.476. The first-order chi connectivity index (χ1) is 14.8. The van der Waals surface area contributed by atoms with Gasteiger partial charge in [0, 0.05) is 16.1 Å². The van der Waals surface area contributed by atoms with Crippen LogP contribution in [0.25, 0.3) is 17.1 Å². The standard InChI is InChI=1S/C24H19ClN4O/c25-19-7-2-1-6-17(19)23-18-10-16(15-4-3-5-15)8-9-20(18)29-13-28-24(21(29)11-27-23)22-12-26-14-30-22/h1-2,6-10,12-15H,3-5,11H2. The Labute approximate surface area is 179 Å². The van der Waals surface area contributed by atoms with Gasteiger partial charge in [-0.25, -0.2) is 9.97 Å². The molecule has 6 rings (SSSR count). The van der Waals surface area contributed by atoms with E-state index in [2.05, 4.69) is 32.7 Å². The highest BCUT2D eigenvalue weighted by Crippen LogP contribution is 2.39. The lowest BCUT2D eigenvalue weighted by Crippen LogP contribution is -2.12. The van der Waals surface area contributed by atoms with Crippen LogP contribution in [0.3, 0.4) is 0 Å². The topological polar surface area (TPSA) is 56.2 Å². The molecular formula is C24H19ClN4O. The Hall–Kier alpha value is -3.18. The molecule has 2 aromatic heterocycles. The maximum absolute atomic E-state index is 6.59. The summed E-state index contributed by atoms with van der Waals surface area (Å²) < 4.78 is 7.64.